The van der Waals surface area contributed by atoms with Crippen LogP contribution in [0.3, 0.4) is 0 Å². The fraction of sp³-hybridized carbons (Fsp3) is 0.211. The average molecular weight is 335 g/mol. The van der Waals surface area contributed by atoms with Gasteiger partial charge in [-0.1, -0.05) is 42.5 Å². The smallest absolute Gasteiger partial charge is 0.249 e. The van der Waals surface area contributed by atoms with E-state index in [1.54, 1.807) is 13.3 Å². The van der Waals surface area contributed by atoms with Crippen LogP contribution in [0.4, 0.5) is 17.5 Å². The third kappa shape index (κ3) is 4.23. The first-order valence-electron chi connectivity index (χ1n) is 8.18. The zero-order valence-corrected chi connectivity index (χ0v) is 14.4. The van der Waals surface area contributed by atoms with Gasteiger partial charge in [-0.3, -0.25) is 0 Å². The van der Waals surface area contributed by atoms with Gasteiger partial charge in [0.25, 0.3) is 0 Å². The Kier molecular flexibility index (Phi) is 5.41. The summed E-state index contributed by atoms with van der Waals surface area (Å²) in [5, 5.41) is 11.3. The van der Waals surface area contributed by atoms with Crippen LogP contribution in [0.25, 0.3) is 0 Å². The Labute approximate surface area is 147 Å². The summed E-state index contributed by atoms with van der Waals surface area (Å²) in [6, 6.07) is 17.9. The summed E-state index contributed by atoms with van der Waals surface area (Å²) in [7, 11) is 1.63. The van der Waals surface area contributed by atoms with Crippen LogP contribution in [0.2, 0.25) is 0 Å². The van der Waals surface area contributed by atoms with Crippen molar-refractivity contribution in [3.63, 3.8) is 0 Å². The normalized spacial score (nSPS) is 10.3. The molecular weight excluding hydrogens is 314 g/mol. The first kappa shape index (κ1) is 16.7. The maximum atomic E-state index is 5.35. The van der Waals surface area contributed by atoms with Gasteiger partial charge in [-0.05, 0) is 24.6 Å². The van der Waals surface area contributed by atoms with Crippen molar-refractivity contribution in [2.45, 2.75) is 13.5 Å². The number of anilines is 3. The Bertz CT molecular complexity index is 810. The van der Waals surface area contributed by atoms with Crippen molar-refractivity contribution in [1.29, 1.82) is 0 Å². The fourth-order valence-electron chi connectivity index (χ4n) is 2.53. The minimum atomic E-state index is 0.438. The van der Waals surface area contributed by atoms with Gasteiger partial charge >= 0.3 is 0 Å². The molecule has 3 rings (SSSR count). The minimum absolute atomic E-state index is 0.438. The molecule has 0 unspecified atom stereocenters. The minimum Gasteiger partial charge on any atom is -0.495 e. The molecule has 0 saturated heterocycles. The molecule has 0 aliphatic carbocycles. The molecule has 0 aliphatic heterocycles. The summed E-state index contributed by atoms with van der Waals surface area (Å²) < 4.78 is 5.35. The number of nitrogens with zero attached hydrogens (tertiary/aromatic N) is 4. The van der Waals surface area contributed by atoms with Crippen LogP contribution >= 0.6 is 0 Å². The first-order chi connectivity index (χ1) is 12.3. The Morgan fingerprint density at radius 2 is 1.80 bits per heavy atom. The molecule has 0 bridgehead atoms. The van der Waals surface area contributed by atoms with E-state index in [1.807, 2.05) is 42.5 Å². The molecule has 6 heteroatoms. The lowest BCUT2D eigenvalue weighted by atomic mass is 10.2. The SMILES string of the molecule is CCN(Cc1ccccc1)c1cnnc(Nc2ccccc2OC)n1. The molecule has 0 atom stereocenters. The highest BCUT2D eigenvalue weighted by Gasteiger charge is 2.10. The molecule has 128 valence electrons. The lowest BCUT2D eigenvalue weighted by Gasteiger charge is -2.22. The van der Waals surface area contributed by atoms with E-state index in [9.17, 15) is 0 Å². The zero-order chi connectivity index (χ0) is 17.5. The molecule has 0 saturated carbocycles. The van der Waals surface area contributed by atoms with E-state index < -0.39 is 0 Å². The molecule has 3 aromatic rings. The molecule has 1 N–H and O–H groups in total. The summed E-state index contributed by atoms with van der Waals surface area (Å²) in [6.07, 6.45) is 1.68. The van der Waals surface area contributed by atoms with Crippen molar-refractivity contribution >= 4 is 17.5 Å². The van der Waals surface area contributed by atoms with Crippen LogP contribution in [0.5, 0.6) is 5.75 Å². The molecular formula is C19H21N5O. The largest absolute Gasteiger partial charge is 0.495 e. The van der Waals surface area contributed by atoms with Crippen LogP contribution in [0.15, 0.2) is 60.8 Å². The van der Waals surface area contributed by atoms with Crippen LogP contribution in [-0.2, 0) is 6.54 Å². The van der Waals surface area contributed by atoms with E-state index in [0.29, 0.717) is 5.95 Å². The first-order valence-corrected chi connectivity index (χ1v) is 8.18. The molecule has 25 heavy (non-hydrogen) atoms. The van der Waals surface area contributed by atoms with Gasteiger partial charge in [0.2, 0.25) is 5.95 Å². The lowest BCUT2D eigenvalue weighted by molar-refractivity contribution is 0.417. The molecule has 0 radical (unpaired) electrons. The number of para-hydroxylation sites is 2. The van der Waals surface area contributed by atoms with Crippen LogP contribution in [-0.4, -0.2) is 28.8 Å². The second kappa shape index (κ2) is 8.10. The van der Waals surface area contributed by atoms with E-state index in [2.05, 4.69) is 44.5 Å². The number of rotatable bonds is 7. The number of methoxy groups -OCH3 is 1. The lowest BCUT2D eigenvalue weighted by Crippen LogP contribution is -2.23. The highest BCUT2D eigenvalue weighted by Crippen LogP contribution is 2.26. The van der Waals surface area contributed by atoms with E-state index in [0.717, 1.165) is 30.3 Å². The summed E-state index contributed by atoms with van der Waals surface area (Å²) in [4.78, 5) is 6.75. The Hall–Kier alpha value is -3.15. The number of ether oxygens (including phenoxy) is 1. The van der Waals surface area contributed by atoms with Gasteiger partial charge in [-0.25, -0.2) is 0 Å². The second-order valence-electron chi connectivity index (χ2n) is 5.46. The van der Waals surface area contributed by atoms with Crippen molar-refractivity contribution in [2.24, 2.45) is 0 Å². The predicted octanol–water partition coefficient (Wildman–Crippen LogP) is 3.65. The highest BCUT2D eigenvalue weighted by molar-refractivity contribution is 5.62. The number of nitrogens with one attached hydrogen (secondary N) is 1. The van der Waals surface area contributed by atoms with Gasteiger partial charge in [0.05, 0.1) is 19.0 Å². The third-order valence-electron chi connectivity index (χ3n) is 3.82. The van der Waals surface area contributed by atoms with Gasteiger partial charge in [0.15, 0.2) is 5.82 Å². The van der Waals surface area contributed by atoms with E-state index in [-0.39, 0.29) is 0 Å². The zero-order valence-electron chi connectivity index (χ0n) is 14.4. The van der Waals surface area contributed by atoms with Gasteiger partial charge in [-0.15, -0.1) is 5.10 Å². The van der Waals surface area contributed by atoms with Crippen molar-refractivity contribution in [3.8, 4) is 5.75 Å². The molecule has 0 aliphatic rings. The summed E-state index contributed by atoms with van der Waals surface area (Å²) in [6.45, 7) is 3.68. The van der Waals surface area contributed by atoms with E-state index in [4.69, 9.17) is 4.74 Å². The summed E-state index contributed by atoms with van der Waals surface area (Å²) in [5.74, 6) is 1.94. The molecule has 0 fully saturated rings. The molecule has 6 nitrogen and oxygen atoms in total. The van der Waals surface area contributed by atoms with Crippen molar-refractivity contribution in [2.75, 3.05) is 23.9 Å². The Morgan fingerprint density at radius 3 is 2.56 bits per heavy atom. The summed E-state index contributed by atoms with van der Waals surface area (Å²) >= 11 is 0. The van der Waals surface area contributed by atoms with Crippen molar-refractivity contribution in [1.82, 2.24) is 15.2 Å². The standard InChI is InChI=1S/C19H21N5O/c1-3-24(14-15-9-5-4-6-10-15)18-13-20-23-19(22-18)21-16-11-7-8-12-17(16)25-2/h4-13H,3,14H2,1-2H3,(H,21,22,23). The van der Waals surface area contributed by atoms with Crippen LogP contribution < -0.4 is 15.0 Å². The number of hydrogen-bond donors (Lipinski definition) is 1. The maximum absolute atomic E-state index is 5.35. The van der Waals surface area contributed by atoms with Gasteiger partial charge in [0, 0.05) is 13.1 Å². The molecule has 2 aromatic carbocycles. The highest BCUT2D eigenvalue weighted by atomic mass is 16.5. The second-order valence-corrected chi connectivity index (χ2v) is 5.46. The maximum Gasteiger partial charge on any atom is 0.249 e. The quantitative estimate of drug-likeness (QED) is 0.711. The number of benzene rings is 2. The monoisotopic (exact) mass is 335 g/mol. The van der Waals surface area contributed by atoms with Crippen LogP contribution in [0, 0.1) is 0 Å². The Balaban J connectivity index is 1.80. The van der Waals surface area contributed by atoms with E-state index >= 15 is 0 Å². The van der Waals surface area contributed by atoms with E-state index in [1.165, 1.54) is 5.56 Å². The van der Waals surface area contributed by atoms with Crippen LogP contribution in [0.1, 0.15) is 12.5 Å². The van der Waals surface area contributed by atoms with Gasteiger partial charge in [-0.2, -0.15) is 10.1 Å². The van der Waals surface area contributed by atoms with Crippen molar-refractivity contribution in [3.05, 3.63) is 66.4 Å². The third-order valence-corrected chi connectivity index (χ3v) is 3.82. The average Bonchev–Trinajstić information content (AvgIpc) is 2.67. The predicted molar refractivity (Wildman–Crippen MR) is 99.3 cm³/mol. The topological polar surface area (TPSA) is 63.2 Å². The van der Waals surface area contributed by atoms with Crippen molar-refractivity contribution < 1.29 is 4.74 Å². The summed E-state index contributed by atoms with van der Waals surface area (Å²) in [5.41, 5.74) is 2.03. The molecule has 1 aromatic heterocycles. The molecule has 1 heterocycles. The number of hydrogen-bond acceptors (Lipinski definition) is 6. The Morgan fingerprint density at radius 1 is 1.04 bits per heavy atom. The molecule has 0 spiro atoms. The van der Waals surface area contributed by atoms with Gasteiger partial charge < -0.3 is 15.0 Å². The molecule has 0 amide bonds. The number of aromatic nitrogens is 3. The van der Waals surface area contributed by atoms with Gasteiger partial charge in [0.1, 0.15) is 5.75 Å². The fourth-order valence-corrected chi connectivity index (χ4v) is 2.53.